The summed E-state index contributed by atoms with van der Waals surface area (Å²) in [5.74, 6) is -0.239. The Bertz CT molecular complexity index is 607. The third-order valence-electron chi connectivity index (χ3n) is 4.34. The number of morpholine rings is 1. The first kappa shape index (κ1) is 19.7. The van der Waals surface area contributed by atoms with Gasteiger partial charge in [-0.25, -0.2) is 0 Å². The molecule has 3 rings (SSSR count). The van der Waals surface area contributed by atoms with Crippen molar-refractivity contribution in [3.8, 4) is 0 Å². The second-order valence-corrected chi connectivity index (χ2v) is 6.03. The highest BCUT2D eigenvalue weighted by Gasteiger charge is 2.30. The molecule has 0 aliphatic carbocycles. The van der Waals surface area contributed by atoms with Crippen LogP contribution in [0.25, 0.3) is 0 Å². The van der Waals surface area contributed by atoms with Crippen LogP contribution in [0.3, 0.4) is 0 Å². The van der Waals surface area contributed by atoms with Crippen molar-refractivity contribution in [1.82, 2.24) is 4.90 Å². The SMILES string of the molecule is Cl.NC[C@H]1CC[C@@H](C(=O)Nc2cccc(C(=O)N3CCOCC3)c2)O1. The maximum Gasteiger partial charge on any atom is 0.254 e. The minimum absolute atomic E-state index is 0. The number of halogens is 1. The van der Waals surface area contributed by atoms with E-state index in [2.05, 4.69) is 5.32 Å². The third-order valence-corrected chi connectivity index (χ3v) is 4.34. The molecule has 2 atom stereocenters. The van der Waals surface area contributed by atoms with Crippen molar-refractivity contribution in [1.29, 1.82) is 0 Å². The van der Waals surface area contributed by atoms with Gasteiger partial charge in [-0.1, -0.05) is 6.07 Å². The van der Waals surface area contributed by atoms with E-state index in [0.717, 1.165) is 6.42 Å². The molecule has 2 fully saturated rings. The van der Waals surface area contributed by atoms with Gasteiger partial charge in [0.05, 0.1) is 19.3 Å². The highest BCUT2D eigenvalue weighted by Crippen LogP contribution is 2.21. The zero-order valence-electron chi connectivity index (χ0n) is 14.0. The summed E-state index contributed by atoms with van der Waals surface area (Å²) in [7, 11) is 0. The summed E-state index contributed by atoms with van der Waals surface area (Å²) in [6, 6.07) is 6.99. The first-order chi connectivity index (χ1) is 11.7. The number of carbonyl (C=O) groups excluding carboxylic acids is 2. The van der Waals surface area contributed by atoms with Crippen LogP contribution in [0.4, 0.5) is 5.69 Å². The monoisotopic (exact) mass is 369 g/mol. The van der Waals surface area contributed by atoms with Crippen LogP contribution in [-0.4, -0.2) is 61.8 Å². The zero-order chi connectivity index (χ0) is 16.9. The Labute approximate surface area is 153 Å². The Balaban J connectivity index is 0.00000225. The topological polar surface area (TPSA) is 93.9 Å². The second-order valence-electron chi connectivity index (χ2n) is 6.03. The summed E-state index contributed by atoms with van der Waals surface area (Å²) < 4.78 is 10.9. The molecule has 3 N–H and O–H groups in total. The predicted octanol–water partition coefficient (Wildman–Crippen LogP) is 1.03. The van der Waals surface area contributed by atoms with Crippen LogP contribution in [0, 0.1) is 0 Å². The molecule has 2 aliphatic heterocycles. The summed E-state index contributed by atoms with van der Waals surface area (Å²) >= 11 is 0. The number of carbonyl (C=O) groups is 2. The fraction of sp³-hybridized carbons (Fsp3) is 0.529. The van der Waals surface area contributed by atoms with E-state index in [9.17, 15) is 9.59 Å². The van der Waals surface area contributed by atoms with Gasteiger partial charge in [0.2, 0.25) is 0 Å². The Kier molecular flexibility index (Phi) is 7.19. The van der Waals surface area contributed by atoms with E-state index in [-0.39, 0.29) is 30.3 Å². The average Bonchev–Trinajstić information content (AvgIpc) is 3.11. The number of nitrogens with zero attached hydrogens (tertiary/aromatic N) is 1. The molecule has 2 heterocycles. The van der Waals surface area contributed by atoms with Crippen molar-refractivity contribution in [2.75, 3.05) is 38.2 Å². The van der Waals surface area contributed by atoms with Gasteiger partial charge in [-0.05, 0) is 31.0 Å². The van der Waals surface area contributed by atoms with Gasteiger partial charge in [0.1, 0.15) is 6.10 Å². The Hall–Kier alpha value is -1.67. The number of anilines is 1. The summed E-state index contributed by atoms with van der Waals surface area (Å²) in [6.07, 6.45) is 0.941. The standard InChI is InChI=1S/C17H23N3O4.ClH/c18-11-14-4-5-15(24-14)16(21)19-13-3-1-2-12(10-13)17(22)20-6-8-23-9-7-20;/h1-3,10,14-15H,4-9,11,18H2,(H,19,21);1H/t14-,15+;/m1./s1. The Morgan fingerprint density at radius 2 is 2.00 bits per heavy atom. The van der Waals surface area contributed by atoms with Crippen LogP contribution in [0.5, 0.6) is 0 Å². The molecule has 1 aromatic rings. The normalized spacial score (nSPS) is 23.0. The lowest BCUT2D eigenvalue weighted by atomic mass is 10.1. The highest BCUT2D eigenvalue weighted by molar-refractivity contribution is 5.98. The molecule has 25 heavy (non-hydrogen) atoms. The number of hydrogen-bond donors (Lipinski definition) is 2. The van der Waals surface area contributed by atoms with Crippen LogP contribution < -0.4 is 11.1 Å². The number of benzene rings is 1. The first-order valence-corrected chi connectivity index (χ1v) is 8.31. The van der Waals surface area contributed by atoms with Gasteiger partial charge in [-0.2, -0.15) is 0 Å². The molecule has 0 spiro atoms. The zero-order valence-corrected chi connectivity index (χ0v) is 14.8. The lowest BCUT2D eigenvalue weighted by Gasteiger charge is -2.27. The van der Waals surface area contributed by atoms with E-state index in [1.807, 2.05) is 0 Å². The summed E-state index contributed by atoms with van der Waals surface area (Å²) in [5, 5.41) is 2.83. The highest BCUT2D eigenvalue weighted by atomic mass is 35.5. The molecule has 0 radical (unpaired) electrons. The van der Waals surface area contributed by atoms with Crippen LogP contribution in [0.2, 0.25) is 0 Å². The van der Waals surface area contributed by atoms with E-state index < -0.39 is 6.10 Å². The fourth-order valence-corrected chi connectivity index (χ4v) is 2.97. The maximum absolute atomic E-state index is 12.5. The van der Waals surface area contributed by atoms with Crippen LogP contribution in [0.15, 0.2) is 24.3 Å². The molecule has 8 heteroatoms. The third kappa shape index (κ3) is 4.92. The maximum atomic E-state index is 12.5. The number of amides is 2. The van der Waals surface area contributed by atoms with Crippen molar-refractivity contribution >= 4 is 29.9 Å². The molecule has 2 amide bonds. The van der Waals surface area contributed by atoms with E-state index in [0.29, 0.717) is 50.5 Å². The molecular weight excluding hydrogens is 346 g/mol. The number of hydrogen-bond acceptors (Lipinski definition) is 5. The molecule has 0 bridgehead atoms. The van der Waals surface area contributed by atoms with Gasteiger partial charge >= 0.3 is 0 Å². The fourth-order valence-electron chi connectivity index (χ4n) is 2.97. The van der Waals surface area contributed by atoms with E-state index in [1.54, 1.807) is 29.2 Å². The van der Waals surface area contributed by atoms with Gasteiger partial charge in [0.15, 0.2) is 0 Å². The molecule has 0 saturated carbocycles. The molecule has 138 valence electrons. The lowest BCUT2D eigenvalue weighted by molar-refractivity contribution is -0.126. The predicted molar refractivity (Wildman–Crippen MR) is 96.0 cm³/mol. The van der Waals surface area contributed by atoms with Gasteiger partial charge in [-0.15, -0.1) is 12.4 Å². The van der Waals surface area contributed by atoms with Crippen LogP contribution in [0.1, 0.15) is 23.2 Å². The summed E-state index contributed by atoms with van der Waals surface area (Å²) in [4.78, 5) is 26.5. The average molecular weight is 370 g/mol. The molecule has 0 unspecified atom stereocenters. The number of ether oxygens (including phenoxy) is 2. The number of nitrogens with one attached hydrogen (secondary N) is 1. The minimum atomic E-state index is -0.475. The smallest absolute Gasteiger partial charge is 0.254 e. The van der Waals surface area contributed by atoms with Gasteiger partial charge in [0.25, 0.3) is 11.8 Å². The van der Waals surface area contributed by atoms with Crippen molar-refractivity contribution in [3.05, 3.63) is 29.8 Å². The summed E-state index contributed by atoms with van der Waals surface area (Å²) in [6.45, 7) is 2.72. The number of rotatable bonds is 4. The molecule has 2 aliphatic rings. The lowest BCUT2D eigenvalue weighted by Crippen LogP contribution is -2.40. The van der Waals surface area contributed by atoms with Crippen LogP contribution >= 0.6 is 12.4 Å². The molecule has 7 nitrogen and oxygen atoms in total. The van der Waals surface area contributed by atoms with Crippen molar-refractivity contribution in [3.63, 3.8) is 0 Å². The quantitative estimate of drug-likeness (QED) is 0.826. The Morgan fingerprint density at radius 1 is 1.24 bits per heavy atom. The van der Waals surface area contributed by atoms with Gasteiger partial charge < -0.3 is 25.4 Å². The van der Waals surface area contributed by atoms with E-state index in [1.165, 1.54) is 0 Å². The van der Waals surface area contributed by atoms with Crippen molar-refractivity contribution < 1.29 is 19.1 Å². The molecular formula is C17H24ClN3O4. The van der Waals surface area contributed by atoms with Crippen LogP contribution in [-0.2, 0) is 14.3 Å². The van der Waals surface area contributed by atoms with Crippen molar-refractivity contribution in [2.24, 2.45) is 5.73 Å². The molecule has 0 aromatic heterocycles. The Morgan fingerprint density at radius 3 is 2.68 bits per heavy atom. The van der Waals surface area contributed by atoms with Gasteiger partial charge in [0, 0.05) is 30.9 Å². The summed E-state index contributed by atoms with van der Waals surface area (Å²) in [5.41, 5.74) is 6.72. The number of nitrogens with two attached hydrogens (primary N) is 1. The largest absolute Gasteiger partial charge is 0.378 e. The van der Waals surface area contributed by atoms with E-state index in [4.69, 9.17) is 15.2 Å². The first-order valence-electron chi connectivity index (χ1n) is 8.31. The van der Waals surface area contributed by atoms with Gasteiger partial charge in [-0.3, -0.25) is 9.59 Å². The second kappa shape index (κ2) is 9.15. The molecule has 2 saturated heterocycles. The van der Waals surface area contributed by atoms with E-state index >= 15 is 0 Å². The minimum Gasteiger partial charge on any atom is -0.378 e. The molecule has 1 aromatic carbocycles. The van der Waals surface area contributed by atoms with Crippen molar-refractivity contribution in [2.45, 2.75) is 25.0 Å².